The number of nitrogens with zero attached hydrogens (tertiary/aromatic N) is 3. The van der Waals surface area contributed by atoms with Crippen LogP contribution < -0.4 is 16.2 Å². The number of nitrogen functional groups attached to an aromatic ring is 1. The van der Waals surface area contributed by atoms with Gasteiger partial charge in [-0.1, -0.05) is 43.5 Å². The lowest BCUT2D eigenvalue weighted by atomic mass is 9.77. The van der Waals surface area contributed by atoms with Gasteiger partial charge in [-0.3, -0.25) is 9.36 Å². The highest BCUT2D eigenvalue weighted by Crippen LogP contribution is 2.42. The molecule has 1 spiro atoms. The molecule has 2 aromatic rings. The third-order valence-electron chi connectivity index (χ3n) is 8.07. The van der Waals surface area contributed by atoms with Crippen molar-refractivity contribution in [3.05, 3.63) is 40.2 Å². The molecule has 2 aliphatic heterocycles. The van der Waals surface area contributed by atoms with Gasteiger partial charge in [-0.25, -0.2) is 0 Å². The lowest BCUT2D eigenvalue weighted by Crippen LogP contribution is -2.43. The molecule has 6 heteroatoms. The van der Waals surface area contributed by atoms with Crippen molar-refractivity contribution in [2.24, 2.45) is 12.5 Å². The Morgan fingerprint density at radius 2 is 1.78 bits per heavy atom. The highest BCUT2D eigenvalue weighted by Gasteiger charge is 2.41. The highest BCUT2D eigenvalue weighted by molar-refractivity contribution is 5.74. The zero-order chi connectivity index (χ0) is 22.3. The van der Waals surface area contributed by atoms with Gasteiger partial charge in [0.05, 0.1) is 18.3 Å². The number of anilines is 2. The quantitative estimate of drug-likeness (QED) is 0.768. The van der Waals surface area contributed by atoms with E-state index in [2.05, 4.69) is 24.0 Å². The van der Waals surface area contributed by atoms with E-state index in [0.717, 1.165) is 44.5 Å². The number of rotatable bonds is 3. The SMILES string of the molecule is C[C@H]1CC2(CCN(c3nc(N)c(-c4ccc(C5CCCCC5)cc4)c(=O)n3C)CC2)CO1. The summed E-state index contributed by atoms with van der Waals surface area (Å²) in [5.74, 6) is 1.65. The summed E-state index contributed by atoms with van der Waals surface area (Å²) in [6.07, 6.45) is 10.1. The molecule has 5 rings (SSSR count). The van der Waals surface area contributed by atoms with Gasteiger partial charge in [0, 0.05) is 20.1 Å². The Labute approximate surface area is 190 Å². The first-order chi connectivity index (χ1) is 15.5. The van der Waals surface area contributed by atoms with Crippen LogP contribution in [0.4, 0.5) is 11.8 Å². The number of hydrogen-bond acceptors (Lipinski definition) is 5. The third-order valence-corrected chi connectivity index (χ3v) is 8.07. The molecule has 1 aromatic heterocycles. The molecule has 0 unspecified atom stereocenters. The molecule has 0 bridgehead atoms. The first-order valence-electron chi connectivity index (χ1n) is 12.3. The molecule has 6 nitrogen and oxygen atoms in total. The zero-order valence-corrected chi connectivity index (χ0v) is 19.5. The zero-order valence-electron chi connectivity index (χ0n) is 19.5. The molecule has 2 N–H and O–H groups in total. The van der Waals surface area contributed by atoms with Crippen molar-refractivity contribution in [3.63, 3.8) is 0 Å². The Bertz CT molecular complexity index is 1020. The third kappa shape index (κ3) is 3.94. The summed E-state index contributed by atoms with van der Waals surface area (Å²) in [4.78, 5) is 20.3. The lowest BCUT2D eigenvalue weighted by molar-refractivity contribution is 0.0974. The number of hydrogen-bond donors (Lipinski definition) is 1. The summed E-state index contributed by atoms with van der Waals surface area (Å²) in [5, 5.41) is 0. The van der Waals surface area contributed by atoms with Gasteiger partial charge in [-0.15, -0.1) is 0 Å². The largest absolute Gasteiger partial charge is 0.383 e. The van der Waals surface area contributed by atoms with Crippen LogP contribution in [-0.2, 0) is 11.8 Å². The van der Waals surface area contributed by atoms with Gasteiger partial charge in [0.15, 0.2) is 0 Å². The Kier molecular flexibility index (Phi) is 5.74. The number of aromatic nitrogens is 2. The number of benzene rings is 1. The van der Waals surface area contributed by atoms with E-state index in [4.69, 9.17) is 15.5 Å². The van der Waals surface area contributed by atoms with Gasteiger partial charge in [0.1, 0.15) is 5.82 Å². The van der Waals surface area contributed by atoms with E-state index >= 15 is 0 Å². The van der Waals surface area contributed by atoms with Gasteiger partial charge in [-0.2, -0.15) is 4.98 Å². The van der Waals surface area contributed by atoms with E-state index in [1.54, 1.807) is 4.57 Å². The average Bonchev–Trinajstić information content (AvgIpc) is 3.18. The van der Waals surface area contributed by atoms with Crippen molar-refractivity contribution in [2.45, 2.75) is 70.3 Å². The Hall–Kier alpha value is -2.34. The van der Waals surface area contributed by atoms with E-state index in [-0.39, 0.29) is 5.56 Å². The standard InChI is InChI=1S/C26H36N4O2/c1-18-16-26(17-32-18)12-14-30(15-13-26)25-28-23(27)22(24(31)29(25)2)21-10-8-20(9-11-21)19-6-4-3-5-7-19/h8-11,18-19H,3-7,12-17,27H2,1-2H3/t18-/m0/s1. The molecule has 1 aliphatic carbocycles. The van der Waals surface area contributed by atoms with Gasteiger partial charge < -0.3 is 15.4 Å². The molecule has 32 heavy (non-hydrogen) atoms. The van der Waals surface area contributed by atoms with E-state index in [1.807, 2.05) is 19.2 Å². The van der Waals surface area contributed by atoms with Crippen molar-refractivity contribution in [2.75, 3.05) is 30.3 Å². The monoisotopic (exact) mass is 436 g/mol. The van der Waals surface area contributed by atoms with Gasteiger partial charge in [0.25, 0.3) is 5.56 Å². The number of nitrogens with two attached hydrogens (primary N) is 1. The van der Waals surface area contributed by atoms with Gasteiger partial charge in [0.2, 0.25) is 5.95 Å². The minimum Gasteiger partial charge on any atom is -0.383 e. The second-order valence-corrected chi connectivity index (χ2v) is 10.3. The van der Waals surface area contributed by atoms with Crippen molar-refractivity contribution in [1.82, 2.24) is 9.55 Å². The van der Waals surface area contributed by atoms with Crippen LogP contribution in [0.2, 0.25) is 0 Å². The molecule has 1 saturated carbocycles. The molecule has 172 valence electrons. The summed E-state index contributed by atoms with van der Waals surface area (Å²) in [5.41, 5.74) is 9.34. The van der Waals surface area contributed by atoms with E-state index < -0.39 is 0 Å². The fraction of sp³-hybridized carbons (Fsp3) is 0.615. The molecule has 2 saturated heterocycles. The maximum atomic E-state index is 13.3. The normalized spacial score (nSPS) is 23.7. The maximum absolute atomic E-state index is 13.3. The van der Waals surface area contributed by atoms with Crippen LogP contribution in [0.25, 0.3) is 11.1 Å². The van der Waals surface area contributed by atoms with E-state index in [9.17, 15) is 4.79 Å². The summed E-state index contributed by atoms with van der Waals surface area (Å²) in [6.45, 7) is 4.77. The summed E-state index contributed by atoms with van der Waals surface area (Å²) < 4.78 is 7.52. The molecular weight excluding hydrogens is 400 g/mol. The van der Waals surface area contributed by atoms with Crippen molar-refractivity contribution in [1.29, 1.82) is 0 Å². The van der Waals surface area contributed by atoms with Crippen LogP contribution in [0.3, 0.4) is 0 Å². The maximum Gasteiger partial charge on any atom is 0.264 e. The topological polar surface area (TPSA) is 73.4 Å². The summed E-state index contributed by atoms with van der Waals surface area (Å²) in [6, 6.07) is 8.44. The fourth-order valence-electron chi connectivity index (χ4n) is 6.10. The lowest BCUT2D eigenvalue weighted by Gasteiger charge is -2.39. The van der Waals surface area contributed by atoms with Crippen LogP contribution in [0.15, 0.2) is 29.1 Å². The Morgan fingerprint density at radius 3 is 2.41 bits per heavy atom. The molecule has 0 amide bonds. The fourth-order valence-corrected chi connectivity index (χ4v) is 6.10. The first-order valence-corrected chi connectivity index (χ1v) is 12.3. The highest BCUT2D eigenvalue weighted by atomic mass is 16.5. The molecule has 3 aliphatic rings. The molecule has 0 radical (unpaired) electrons. The van der Waals surface area contributed by atoms with Crippen molar-refractivity contribution in [3.8, 4) is 11.1 Å². The Morgan fingerprint density at radius 1 is 1.09 bits per heavy atom. The summed E-state index contributed by atoms with van der Waals surface area (Å²) in [7, 11) is 1.81. The molecule has 3 heterocycles. The molecule has 1 atom stereocenters. The number of ether oxygens (including phenoxy) is 1. The first kappa shape index (κ1) is 21.5. The minimum absolute atomic E-state index is 0.0731. The molecule has 3 fully saturated rings. The van der Waals surface area contributed by atoms with Crippen LogP contribution in [0.1, 0.15) is 69.8 Å². The van der Waals surface area contributed by atoms with E-state index in [1.165, 1.54) is 37.7 Å². The smallest absolute Gasteiger partial charge is 0.264 e. The second-order valence-electron chi connectivity index (χ2n) is 10.3. The molecule has 1 aromatic carbocycles. The average molecular weight is 437 g/mol. The predicted molar refractivity (Wildman–Crippen MR) is 129 cm³/mol. The van der Waals surface area contributed by atoms with Gasteiger partial charge in [-0.05, 0) is 61.5 Å². The van der Waals surface area contributed by atoms with Crippen molar-refractivity contribution >= 4 is 11.8 Å². The Balaban J connectivity index is 1.37. The number of piperidine rings is 1. The van der Waals surface area contributed by atoms with Crippen LogP contribution in [0.5, 0.6) is 0 Å². The van der Waals surface area contributed by atoms with Crippen LogP contribution in [0, 0.1) is 5.41 Å². The summed E-state index contributed by atoms with van der Waals surface area (Å²) >= 11 is 0. The van der Waals surface area contributed by atoms with Crippen molar-refractivity contribution < 1.29 is 4.74 Å². The molecular formula is C26H36N4O2. The minimum atomic E-state index is -0.0731. The van der Waals surface area contributed by atoms with Gasteiger partial charge >= 0.3 is 0 Å². The predicted octanol–water partition coefficient (Wildman–Crippen LogP) is 4.47. The van der Waals surface area contributed by atoms with Crippen LogP contribution >= 0.6 is 0 Å². The second kappa shape index (κ2) is 8.54. The van der Waals surface area contributed by atoms with Crippen LogP contribution in [-0.4, -0.2) is 35.4 Å². The van der Waals surface area contributed by atoms with E-state index in [0.29, 0.717) is 34.8 Å².